The summed E-state index contributed by atoms with van der Waals surface area (Å²) < 4.78 is 15.6. The largest absolute Gasteiger partial charge is 0.494 e. The lowest BCUT2D eigenvalue weighted by Gasteiger charge is -2.07. The molecule has 2 N–H and O–H groups in total. The molecule has 0 bridgehead atoms. The molecule has 27 heavy (non-hydrogen) atoms. The number of hydrogen-bond acceptors (Lipinski definition) is 6. The average molecular weight is 371 g/mol. The minimum atomic E-state index is -0.888. The van der Waals surface area contributed by atoms with E-state index in [1.807, 2.05) is 6.92 Å². The first-order valence-corrected chi connectivity index (χ1v) is 8.16. The number of carbonyl (C=O) groups excluding carboxylic acids is 2. The van der Waals surface area contributed by atoms with Crippen molar-refractivity contribution >= 4 is 23.7 Å². The lowest BCUT2D eigenvalue weighted by atomic mass is 10.2. The van der Waals surface area contributed by atoms with Crippen LogP contribution in [0.15, 0.2) is 47.6 Å². The quantitative estimate of drug-likeness (QED) is 0.442. The van der Waals surface area contributed by atoms with Crippen LogP contribution in [0.4, 0.5) is 5.69 Å². The first kappa shape index (κ1) is 19.8. The Hall–Kier alpha value is -3.55. The number of hydrogen-bond donors (Lipinski definition) is 2. The number of benzene rings is 2. The second-order valence-corrected chi connectivity index (χ2v) is 5.23. The van der Waals surface area contributed by atoms with Gasteiger partial charge in [0.1, 0.15) is 5.75 Å². The molecule has 0 unspecified atom stereocenters. The molecule has 0 fully saturated rings. The predicted molar refractivity (Wildman–Crippen MR) is 102 cm³/mol. The minimum absolute atomic E-state index is 0.475. The van der Waals surface area contributed by atoms with Gasteiger partial charge in [-0.2, -0.15) is 5.10 Å². The summed E-state index contributed by atoms with van der Waals surface area (Å²) in [4.78, 5) is 23.7. The SMILES string of the molecule is CCOc1ccc(NC(=O)C(=O)N/N=C/c2ccc(OC)c(OC)c2)cc1. The molecule has 0 spiro atoms. The van der Waals surface area contributed by atoms with Gasteiger partial charge < -0.3 is 19.5 Å². The fourth-order valence-corrected chi connectivity index (χ4v) is 2.14. The lowest BCUT2D eigenvalue weighted by molar-refractivity contribution is -0.136. The van der Waals surface area contributed by atoms with Gasteiger partial charge in [0.2, 0.25) is 0 Å². The van der Waals surface area contributed by atoms with Gasteiger partial charge in [0, 0.05) is 5.69 Å². The summed E-state index contributed by atoms with van der Waals surface area (Å²) in [6, 6.07) is 11.8. The number of methoxy groups -OCH3 is 2. The van der Waals surface area contributed by atoms with Crippen LogP contribution in [0, 0.1) is 0 Å². The first-order valence-electron chi connectivity index (χ1n) is 8.16. The van der Waals surface area contributed by atoms with Crippen molar-refractivity contribution in [3.63, 3.8) is 0 Å². The van der Waals surface area contributed by atoms with Gasteiger partial charge in [0.05, 0.1) is 27.0 Å². The van der Waals surface area contributed by atoms with E-state index in [4.69, 9.17) is 14.2 Å². The van der Waals surface area contributed by atoms with Crippen LogP contribution in [0.25, 0.3) is 0 Å². The molecule has 8 nitrogen and oxygen atoms in total. The highest BCUT2D eigenvalue weighted by Crippen LogP contribution is 2.26. The Bertz CT molecular complexity index is 819. The second kappa shape index (κ2) is 9.81. The molecule has 0 aromatic heterocycles. The highest BCUT2D eigenvalue weighted by Gasteiger charge is 2.13. The van der Waals surface area contributed by atoms with Crippen molar-refractivity contribution in [3.05, 3.63) is 48.0 Å². The molecule has 0 saturated carbocycles. The van der Waals surface area contributed by atoms with Crippen molar-refractivity contribution in [2.24, 2.45) is 5.10 Å². The van der Waals surface area contributed by atoms with Gasteiger partial charge in [-0.3, -0.25) is 9.59 Å². The van der Waals surface area contributed by atoms with Crippen LogP contribution in [0.5, 0.6) is 17.2 Å². The smallest absolute Gasteiger partial charge is 0.329 e. The third-order valence-corrected chi connectivity index (χ3v) is 3.42. The molecule has 0 aliphatic carbocycles. The maximum atomic E-state index is 11.9. The van der Waals surface area contributed by atoms with Crippen LogP contribution in [0.3, 0.4) is 0 Å². The van der Waals surface area contributed by atoms with Crippen LogP contribution < -0.4 is 25.0 Å². The monoisotopic (exact) mass is 371 g/mol. The summed E-state index contributed by atoms with van der Waals surface area (Å²) in [5, 5.41) is 6.25. The van der Waals surface area contributed by atoms with E-state index < -0.39 is 11.8 Å². The zero-order valence-electron chi connectivity index (χ0n) is 15.3. The summed E-state index contributed by atoms with van der Waals surface area (Å²) in [5.74, 6) is 0.0677. The van der Waals surface area contributed by atoms with Crippen molar-refractivity contribution in [3.8, 4) is 17.2 Å². The zero-order valence-corrected chi connectivity index (χ0v) is 15.3. The van der Waals surface area contributed by atoms with E-state index in [0.717, 1.165) is 0 Å². The molecule has 2 aromatic carbocycles. The van der Waals surface area contributed by atoms with Crippen molar-refractivity contribution in [2.45, 2.75) is 6.92 Å². The number of anilines is 1. The molecular weight excluding hydrogens is 350 g/mol. The number of ether oxygens (including phenoxy) is 3. The number of hydrazone groups is 1. The summed E-state index contributed by atoms with van der Waals surface area (Å²) in [7, 11) is 3.06. The van der Waals surface area contributed by atoms with Gasteiger partial charge in [0.15, 0.2) is 11.5 Å². The number of carbonyl (C=O) groups is 2. The summed E-state index contributed by atoms with van der Waals surface area (Å²) >= 11 is 0. The molecule has 0 atom stereocenters. The molecular formula is C19H21N3O5. The molecule has 0 heterocycles. The molecule has 2 aromatic rings. The van der Waals surface area contributed by atoms with Crippen LogP contribution in [0.1, 0.15) is 12.5 Å². The zero-order chi connectivity index (χ0) is 19.6. The third-order valence-electron chi connectivity index (χ3n) is 3.42. The van der Waals surface area contributed by atoms with Crippen LogP contribution in [-0.4, -0.2) is 38.9 Å². The molecule has 0 radical (unpaired) electrons. The van der Waals surface area contributed by atoms with Crippen molar-refractivity contribution in [1.82, 2.24) is 5.43 Å². The first-order chi connectivity index (χ1) is 13.1. The van der Waals surface area contributed by atoms with E-state index in [0.29, 0.717) is 35.1 Å². The maximum Gasteiger partial charge on any atom is 0.329 e. The Morgan fingerprint density at radius 2 is 1.70 bits per heavy atom. The molecule has 0 aliphatic rings. The maximum absolute atomic E-state index is 11.9. The average Bonchev–Trinajstić information content (AvgIpc) is 2.69. The lowest BCUT2D eigenvalue weighted by Crippen LogP contribution is -2.32. The Balaban J connectivity index is 1.90. The normalized spacial score (nSPS) is 10.3. The van der Waals surface area contributed by atoms with Crippen LogP contribution in [0.2, 0.25) is 0 Å². The Morgan fingerprint density at radius 3 is 2.33 bits per heavy atom. The fraction of sp³-hybridized carbons (Fsp3) is 0.211. The Labute approximate surface area is 157 Å². The summed E-state index contributed by atoms with van der Waals surface area (Å²) in [6.45, 7) is 2.43. The van der Waals surface area contributed by atoms with Crippen LogP contribution in [-0.2, 0) is 9.59 Å². The van der Waals surface area contributed by atoms with Gasteiger partial charge in [-0.05, 0) is 55.0 Å². The van der Waals surface area contributed by atoms with E-state index in [9.17, 15) is 9.59 Å². The van der Waals surface area contributed by atoms with E-state index in [1.165, 1.54) is 20.4 Å². The van der Waals surface area contributed by atoms with Gasteiger partial charge in [-0.1, -0.05) is 0 Å². The second-order valence-electron chi connectivity index (χ2n) is 5.23. The van der Waals surface area contributed by atoms with E-state index in [2.05, 4.69) is 15.8 Å². The molecule has 2 rings (SSSR count). The van der Waals surface area contributed by atoms with Crippen molar-refractivity contribution < 1.29 is 23.8 Å². The number of nitrogens with one attached hydrogen (secondary N) is 2. The predicted octanol–water partition coefficient (Wildman–Crippen LogP) is 2.19. The fourth-order valence-electron chi connectivity index (χ4n) is 2.14. The van der Waals surface area contributed by atoms with Gasteiger partial charge >= 0.3 is 11.8 Å². The Kier molecular flexibility index (Phi) is 7.18. The van der Waals surface area contributed by atoms with E-state index in [1.54, 1.807) is 42.5 Å². The molecule has 8 heteroatoms. The van der Waals surface area contributed by atoms with Gasteiger partial charge in [-0.15, -0.1) is 0 Å². The highest BCUT2D eigenvalue weighted by atomic mass is 16.5. The third kappa shape index (κ3) is 5.74. The number of amides is 2. The topological polar surface area (TPSA) is 98.2 Å². The van der Waals surface area contributed by atoms with Gasteiger partial charge in [-0.25, -0.2) is 5.43 Å². The summed E-state index contributed by atoms with van der Waals surface area (Å²) in [5.41, 5.74) is 3.31. The summed E-state index contributed by atoms with van der Waals surface area (Å²) in [6.07, 6.45) is 1.39. The van der Waals surface area contributed by atoms with Crippen molar-refractivity contribution in [1.29, 1.82) is 0 Å². The highest BCUT2D eigenvalue weighted by molar-refractivity contribution is 6.39. The molecule has 0 aliphatic heterocycles. The number of nitrogens with zero attached hydrogens (tertiary/aromatic N) is 1. The minimum Gasteiger partial charge on any atom is -0.494 e. The number of rotatable bonds is 7. The molecule has 0 saturated heterocycles. The standard InChI is InChI=1S/C19H21N3O5/c1-4-27-15-8-6-14(7-9-15)21-18(23)19(24)22-20-12-13-5-10-16(25-2)17(11-13)26-3/h5-12H,4H2,1-3H3,(H,21,23)(H,22,24)/b20-12+. The van der Waals surface area contributed by atoms with Crippen LogP contribution >= 0.6 is 0 Å². The van der Waals surface area contributed by atoms with Crippen molar-refractivity contribution in [2.75, 3.05) is 26.1 Å². The molecule has 142 valence electrons. The Morgan fingerprint density at radius 1 is 1.00 bits per heavy atom. The van der Waals surface area contributed by atoms with E-state index in [-0.39, 0.29) is 0 Å². The van der Waals surface area contributed by atoms with E-state index >= 15 is 0 Å². The molecule has 2 amide bonds. The van der Waals surface area contributed by atoms with Gasteiger partial charge in [0.25, 0.3) is 0 Å².